The zero-order valence-electron chi connectivity index (χ0n) is 9.02. The summed E-state index contributed by atoms with van der Waals surface area (Å²) >= 11 is 0. The fourth-order valence-corrected chi connectivity index (χ4v) is 1.68. The van der Waals surface area contributed by atoms with Gasteiger partial charge in [0.2, 0.25) is 0 Å². The van der Waals surface area contributed by atoms with Gasteiger partial charge in [-0.05, 0) is 13.0 Å². The molecule has 2 nitrogen and oxygen atoms in total. The van der Waals surface area contributed by atoms with E-state index in [2.05, 4.69) is 16.7 Å². The third-order valence-corrected chi connectivity index (χ3v) is 2.87. The predicted molar refractivity (Wildman–Crippen MR) is 58.3 cm³/mol. The summed E-state index contributed by atoms with van der Waals surface area (Å²) in [5.74, 6) is -0.132. The molecule has 80 valence electrons. The van der Waals surface area contributed by atoms with Gasteiger partial charge in [0.15, 0.2) is 0 Å². The van der Waals surface area contributed by atoms with Crippen LogP contribution in [0.5, 0.6) is 0 Å². The summed E-state index contributed by atoms with van der Waals surface area (Å²) in [6.07, 6.45) is 4.30. The summed E-state index contributed by atoms with van der Waals surface area (Å²) in [4.78, 5) is 4.21. The van der Waals surface area contributed by atoms with Crippen molar-refractivity contribution < 1.29 is 4.39 Å². The molecule has 0 saturated heterocycles. The Balaban J connectivity index is 2.10. The summed E-state index contributed by atoms with van der Waals surface area (Å²) < 4.78 is 13.4. The number of halogens is 1. The highest BCUT2D eigenvalue weighted by Gasteiger charge is 2.19. The highest BCUT2D eigenvalue weighted by Crippen LogP contribution is 2.18. The molecular weight excluding hydrogens is 191 g/mol. The molecule has 0 amide bonds. The molecule has 0 N–H and O–H groups in total. The molecule has 1 unspecified atom stereocenters. The van der Waals surface area contributed by atoms with Crippen molar-refractivity contribution in [1.82, 2.24) is 9.80 Å². The van der Waals surface area contributed by atoms with Crippen LogP contribution in [-0.4, -0.2) is 23.0 Å². The number of hydrogen-bond donors (Lipinski definition) is 0. The van der Waals surface area contributed by atoms with Gasteiger partial charge in [-0.25, -0.2) is 4.39 Å². The molecule has 0 radical (unpaired) electrons. The van der Waals surface area contributed by atoms with E-state index in [0.717, 1.165) is 5.56 Å². The number of benzene rings is 1. The van der Waals surface area contributed by atoms with Crippen LogP contribution in [0.25, 0.3) is 0 Å². The minimum Gasteiger partial charge on any atom is -0.359 e. The Morgan fingerprint density at radius 2 is 2.00 bits per heavy atom. The first kappa shape index (κ1) is 10.0. The highest BCUT2D eigenvalue weighted by atomic mass is 19.1. The maximum Gasteiger partial charge on any atom is 0.128 e. The molecule has 1 aliphatic heterocycles. The van der Waals surface area contributed by atoms with Crippen LogP contribution < -0.4 is 0 Å². The van der Waals surface area contributed by atoms with Gasteiger partial charge in [-0.2, -0.15) is 0 Å². The van der Waals surface area contributed by atoms with Gasteiger partial charge in [0, 0.05) is 31.6 Å². The van der Waals surface area contributed by atoms with Gasteiger partial charge < -0.3 is 9.80 Å². The maximum absolute atomic E-state index is 13.4. The van der Waals surface area contributed by atoms with Gasteiger partial charge in [0.05, 0.1) is 6.17 Å². The summed E-state index contributed by atoms with van der Waals surface area (Å²) in [5.41, 5.74) is 0.740. The Morgan fingerprint density at radius 1 is 1.27 bits per heavy atom. The van der Waals surface area contributed by atoms with E-state index in [1.54, 1.807) is 6.07 Å². The molecule has 0 aromatic heterocycles. The first-order chi connectivity index (χ1) is 7.18. The molecule has 0 aliphatic carbocycles. The van der Waals surface area contributed by atoms with Crippen LogP contribution in [0.3, 0.4) is 0 Å². The number of rotatable bonds is 2. The molecule has 1 heterocycles. The van der Waals surface area contributed by atoms with E-state index in [4.69, 9.17) is 0 Å². The van der Waals surface area contributed by atoms with Crippen molar-refractivity contribution in [2.45, 2.75) is 19.6 Å². The Hall–Kier alpha value is -1.51. The van der Waals surface area contributed by atoms with Crippen LogP contribution in [-0.2, 0) is 6.54 Å². The van der Waals surface area contributed by atoms with Crippen LogP contribution in [0.15, 0.2) is 36.7 Å². The summed E-state index contributed by atoms with van der Waals surface area (Å²) in [6.45, 7) is 2.72. The molecule has 0 saturated carbocycles. The zero-order chi connectivity index (χ0) is 10.8. The SMILES string of the molecule is CC1N(C)C=CN1Cc1ccccc1F. The molecule has 1 aromatic carbocycles. The Bertz CT molecular complexity index is 376. The van der Waals surface area contributed by atoms with Crippen molar-refractivity contribution in [3.63, 3.8) is 0 Å². The van der Waals surface area contributed by atoms with Gasteiger partial charge in [-0.15, -0.1) is 0 Å². The smallest absolute Gasteiger partial charge is 0.128 e. The van der Waals surface area contributed by atoms with E-state index in [9.17, 15) is 4.39 Å². The van der Waals surface area contributed by atoms with Crippen molar-refractivity contribution in [3.8, 4) is 0 Å². The fraction of sp³-hybridized carbons (Fsp3) is 0.333. The molecule has 0 fully saturated rings. The fourth-order valence-electron chi connectivity index (χ4n) is 1.68. The quantitative estimate of drug-likeness (QED) is 0.733. The average Bonchev–Trinajstić information content (AvgIpc) is 2.53. The van der Waals surface area contributed by atoms with Gasteiger partial charge >= 0.3 is 0 Å². The molecule has 0 spiro atoms. The Labute approximate surface area is 89.6 Å². The van der Waals surface area contributed by atoms with Gasteiger partial charge in [-0.3, -0.25) is 0 Å². The Kier molecular flexibility index (Phi) is 2.62. The van der Waals surface area contributed by atoms with Gasteiger partial charge in [-0.1, -0.05) is 18.2 Å². The average molecular weight is 206 g/mol. The van der Waals surface area contributed by atoms with Crippen molar-refractivity contribution in [2.24, 2.45) is 0 Å². The van der Waals surface area contributed by atoms with Gasteiger partial charge in [0.25, 0.3) is 0 Å². The second-order valence-corrected chi connectivity index (χ2v) is 3.86. The van der Waals surface area contributed by atoms with E-state index >= 15 is 0 Å². The van der Waals surface area contributed by atoms with E-state index in [1.807, 2.05) is 31.6 Å². The maximum atomic E-state index is 13.4. The summed E-state index contributed by atoms with van der Waals surface area (Å²) in [5, 5.41) is 0. The summed E-state index contributed by atoms with van der Waals surface area (Å²) in [6, 6.07) is 6.92. The Morgan fingerprint density at radius 3 is 2.60 bits per heavy atom. The lowest BCUT2D eigenvalue weighted by molar-refractivity contribution is 0.187. The minimum atomic E-state index is -0.132. The first-order valence-corrected chi connectivity index (χ1v) is 5.08. The third kappa shape index (κ3) is 1.96. The van der Waals surface area contributed by atoms with E-state index in [1.165, 1.54) is 6.07 Å². The number of hydrogen-bond acceptors (Lipinski definition) is 2. The summed E-state index contributed by atoms with van der Waals surface area (Å²) in [7, 11) is 2.02. The van der Waals surface area contributed by atoms with Crippen LogP contribution in [0.2, 0.25) is 0 Å². The second-order valence-electron chi connectivity index (χ2n) is 3.86. The molecule has 15 heavy (non-hydrogen) atoms. The van der Waals surface area contributed by atoms with Crippen LogP contribution in [0.4, 0.5) is 4.39 Å². The minimum absolute atomic E-state index is 0.132. The first-order valence-electron chi connectivity index (χ1n) is 5.08. The van der Waals surface area contributed by atoms with E-state index in [0.29, 0.717) is 12.7 Å². The lowest BCUT2D eigenvalue weighted by Crippen LogP contribution is -2.33. The van der Waals surface area contributed by atoms with Crippen LogP contribution in [0, 0.1) is 5.82 Å². The molecular formula is C12H15FN2. The monoisotopic (exact) mass is 206 g/mol. The lowest BCUT2D eigenvalue weighted by Gasteiger charge is -2.27. The number of nitrogens with zero attached hydrogens (tertiary/aromatic N) is 2. The van der Waals surface area contributed by atoms with Crippen LogP contribution in [0.1, 0.15) is 12.5 Å². The molecule has 3 heteroatoms. The van der Waals surface area contributed by atoms with E-state index in [-0.39, 0.29) is 5.82 Å². The van der Waals surface area contributed by atoms with Crippen molar-refractivity contribution in [2.75, 3.05) is 7.05 Å². The lowest BCUT2D eigenvalue weighted by atomic mass is 10.2. The highest BCUT2D eigenvalue weighted by molar-refractivity contribution is 5.18. The van der Waals surface area contributed by atoms with Crippen molar-refractivity contribution >= 4 is 0 Å². The normalized spacial score (nSPS) is 20.1. The van der Waals surface area contributed by atoms with Crippen LogP contribution >= 0.6 is 0 Å². The van der Waals surface area contributed by atoms with Crippen molar-refractivity contribution in [1.29, 1.82) is 0 Å². The molecule has 0 bridgehead atoms. The second kappa shape index (κ2) is 3.93. The molecule has 1 atom stereocenters. The molecule has 1 aliphatic rings. The van der Waals surface area contributed by atoms with Gasteiger partial charge in [0.1, 0.15) is 5.82 Å². The largest absolute Gasteiger partial charge is 0.359 e. The molecule has 1 aromatic rings. The predicted octanol–water partition coefficient (Wildman–Crippen LogP) is 2.39. The zero-order valence-corrected chi connectivity index (χ0v) is 9.02. The third-order valence-electron chi connectivity index (χ3n) is 2.87. The standard InChI is InChI=1S/C12H15FN2/c1-10-14(2)7-8-15(10)9-11-5-3-4-6-12(11)13/h3-8,10H,9H2,1-2H3. The molecule has 2 rings (SSSR count). The van der Waals surface area contributed by atoms with Crippen molar-refractivity contribution in [3.05, 3.63) is 48.0 Å². The van der Waals surface area contributed by atoms with E-state index < -0.39 is 0 Å². The topological polar surface area (TPSA) is 6.48 Å².